The summed E-state index contributed by atoms with van der Waals surface area (Å²) in [6.07, 6.45) is -0.194. The molecule has 0 radical (unpaired) electrons. The zero-order valence-corrected chi connectivity index (χ0v) is 12.0. The zero-order valence-electron chi connectivity index (χ0n) is 12.0. The molecule has 1 N–H and O–H groups in total. The van der Waals surface area contributed by atoms with Crippen LogP contribution >= 0.6 is 0 Å². The molecule has 0 unspecified atom stereocenters. The van der Waals surface area contributed by atoms with E-state index in [4.69, 9.17) is 18.9 Å². The fourth-order valence-corrected chi connectivity index (χ4v) is 3.94. The van der Waals surface area contributed by atoms with Crippen LogP contribution in [0.1, 0.15) is 36.5 Å². The molecule has 21 heavy (non-hydrogen) atoms. The van der Waals surface area contributed by atoms with Gasteiger partial charge < -0.3 is 24.1 Å². The minimum absolute atomic E-state index is 0.203. The molecule has 6 nitrogen and oxygen atoms in total. The van der Waals surface area contributed by atoms with Gasteiger partial charge in [-0.15, -0.1) is 0 Å². The molecule has 4 aliphatic rings. The van der Waals surface area contributed by atoms with Gasteiger partial charge in [0, 0.05) is 13.3 Å². The van der Waals surface area contributed by atoms with Gasteiger partial charge in [-0.2, -0.15) is 0 Å². The largest absolute Gasteiger partial charge is 0.493 e. The van der Waals surface area contributed by atoms with Crippen LogP contribution < -0.4 is 9.47 Å². The normalized spacial score (nSPS) is 39.0. The molecule has 1 aliphatic carbocycles. The van der Waals surface area contributed by atoms with Crippen molar-refractivity contribution in [3.05, 3.63) is 23.3 Å². The minimum atomic E-state index is -1.52. The summed E-state index contributed by atoms with van der Waals surface area (Å²) in [5.41, 5.74) is 0.216. The molecule has 1 aromatic carbocycles. The summed E-state index contributed by atoms with van der Waals surface area (Å²) in [7, 11) is 3.12. The van der Waals surface area contributed by atoms with E-state index in [1.54, 1.807) is 27.2 Å². The predicted molar refractivity (Wildman–Crippen MR) is 70.2 cm³/mol. The van der Waals surface area contributed by atoms with Gasteiger partial charge in [0.2, 0.25) is 5.79 Å². The Labute approximate surface area is 121 Å². The second-order valence-electron chi connectivity index (χ2n) is 5.91. The molecule has 2 fully saturated rings. The topological polar surface area (TPSA) is 74.2 Å². The number of hydrogen-bond acceptors (Lipinski definition) is 6. The number of methoxy groups -OCH3 is 2. The third-order valence-corrected chi connectivity index (χ3v) is 4.77. The highest BCUT2D eigenvalue weighted by atomic mass is 16.7. The standard InChI is InChI=1S/C15H16O6/c1-14-12-8-5-10(19-3)9(18-2)4-7(8)11(20-14)6-15(12,17)13(16)21-14/h4-5,11-12,17H,6H2,1-3H3/t11-,12+,14+,15-/m1/s1. The molecule has 2 saturated heterocycles. The van der Waals surface area contributed by atoms with E-state index in [-0.39, 0.29) is 6.42 Å². The van der Waals surface area contributed by atoms with Crippen molar-refractivity contribution in [1.82, 2.24) is 0 Å². The molecule has 6 heteroatoms. The maximum Gasteiger partial charge on any atom is 0.341 e. The molecule has 0 saturated carbocycles. The molecule has 1 aromatic rings. The third kappa shape index (κ3) is 1.36. The molecule has 4 atom stereocenters. The highest BCUT2D eigenvalue weighted by molar-refractivity contribution is 5.86. The average molecular weight is 292 g/mol. The van der Waals surface area contributed by atoms with Crippen LogP contribution in [0.25, 0.3) is 0 Å². The Morgan fingerprint density at radius 3 is 2.43 bits per heavy atom. The molecule has 3 heterocycles. The first-order chi connectivity index (χ1) is 9.93. The number of rotatable bonds is 2. The average Bonchev–Trinajstić information content (AvgIpc) is 2.58. The van der Waals surface area contributed by atoms with E-state index in [0.29, 0.717) is 11.5 Å². The quantitative estimate of drug-likeness (QED) is 0.827. The maximum absolute atomic E-state index is 12.1. The van der Waals surface area contributed by atoms with Gasteiger partial charge >= 0.3 is 5.97 Å². The van der Waals surface area contributed by atoms with E-state index in [0.717, 1.165) is 11.1 Å². The molecule has 0 spiro atoms. The van der Waals surface area contributed by atoms with Crippen molar-refractivity contribution < 1.29 is 28.8 Å². The Kier molecular flexibility index (Phi) is 2.27. The first kappa shape index (κ1) is 12.9. The van der Waals surface area contributed by atoms with E-state index < -0.39 is 29.4 Å². The van der Waals surface area contributed by atoms with Crippen LogP contribution in [0.5, 0.6) is 11.5 Å². The number of carbonyl (C=O) groups excluding carboxylic acids is 1. The Hall–Kier alpha value is -1.79. The van der Waals surface area contributed by atoms with Crippen molar-refractivity contribution >= 4 is 5.97 Å². The van der Waals surface area contributed by atoms with Crippen LogP contribution in [0.4, 0.5) is 0 Å². The molecule has 0 aromatic heterocycles. The summed E-state index contributed by atoms with van der Waals surface area (Å²) in [6.45, 7) is 1.69. The number of carbonyl (C=O) groups is 1. The van der Waals surface area contributed by atoms with Crippen molar-refractivity contribution in [3.63, 3.8) is 0 Å². The van der Waals surface area contributed by atoms with Crippen molar-refractivity contribution in [2.24, 2.45) is 0 Å². The van der Waals surface area contributed by atoms with Crippen LogP contribution in [0, 0.1) is 0 Å². The molecule has 4 bridgehead atoms. The lowest BCUT2D eigenvalue weighted by Gasteiger charge is -2.48. The monoisotopic (exact) mass is 292 g/mol. The van der Waals surface area contributed by atoms with Crippen molar-refractivity contribution in [3.8, 4) is 11.5 Å². The van der Waals surface area contributed by atoms with E-state index >= 15 is 0 Å². The number of ether oxygens (including phenoxy) is 4. The van der Waals surface area contributed by atoms with Crippen LogP contribution in [0.2, 0.25) is 0 Å². The molecule has 5 rings (SSSR count). The van der Waals surface area contributed by atoms with E-state index in [2.05, 4.69) is 0 Å². The maximum atomic E-state index is 12.1. The number of esters is 1. The Bertz CT molecular complexity index is 656. The lowest BCUT2D eigenvalue weighted by Crippen LogP contribution is -2.54. The predicted octanol–water partition coefficient (Wildman–Crippen LogP) is 1.27. The first-order valence-electron chi connectivity index (χ1n) is 6.82. The van der Waals surface area contributed by atoms with Gasteiger partial charge in [0.1, 0.15) is 0 Å². The fourth-order valence-electron chi connectivity index (χ4n) is 3.94. The van der Waals surface area contributed by atoms with Gasteiger partial charge in [0.15, 0.2) is 17.1 Å². The second-order valence-corrected chi connectivity index (χ2v) is 5.91. The van der Waals surface area contributed by atoms with Crippen LogP contribution in [0.15, 0.2) is 12.1 Å². The SMILES string of the molecule is COc1cc2c(cc1OC)[C@H]1[C@]3(C)OC(=O)[C@@]1(O)C[C@H]2O3. The van der Waals surface area contributed by atoms with Crippen LogP contribution in [0.3, 0.4) is 0 Å². The van der Waals surface area contributed by atoms with Crippen molar-refractivity contribution in [2.75, 3.05) is 14.2 Å². The number of benzene rings is 1. The Morgan fingerprint density at radius 1 is 1.24 bits per heavy atom. The summed E-state index contributed by atoms with van der Waals surface area (Å²) >= 11 is 0. The smallest absolute Gasteiger partial charge is 0.341 e. The zero-order chi connectivity index (χ0) is 15.0. The van der Waals surface area contributed by atoms with Crippen LogP contribution in [-0.2, 0) is 14.3 Å². The van der Waals surface area contributed by atoms with Gasteiger partial charge in [0.25, 0.3) is 0 Å². The van der Waals surface area contributed by atoms with E-state index in [1.165, 1.54) is 0 Å². The van der Waals surface area contributed by atoms with E-state index in [9.17, 15) is 9.90 Å². The van der Waals surface area contributed by atoms with Gasteiger partial charge in [-0.05, 0) is 23.3 Å². The van der Waals surface area contributed by atoms with E-state index in [1.807, 2.05) is 6.07 Å². The highest BCUT2D eigenvalue weighted by Gasteiger charge is 2.71. The molecular weight excluding hydrogens is 276 g/mol. The van der Waals surface area contributed by atoms with Crippen molar-refractivity contribution in [1.29, 1.82) is 0 Å². The fraction of sp³-hybridized carbons (Fsp3) is 0.533. The summed E-state index contributed by atoms with van der Waals surface area (Å²) in [4.78, 5) is 12.1. The van der Waals surface area contributed by atoms with Crippen LogP contribution in [-0.4, -0.2) is 36.7 Å². The van der Waals surface area contributed by atoms with Gasteiger partial charge in [0.05, 0.1) is 26.2 Å². The summed E-state index contributed by atoms with van der Waals surface area (Å²) in [6, 6.07) is 3.65. The molecular formula is C15H16O6. The summed E-state index contributed by atoms with van der Waals surface area (Å²) in [5.74, 6) is -1.14. The molecule has 0 amide bonds. The van der Waals surface area contributed by atoms with Gasteiger partial charge in [-0.1, -0.05) is 0 Å². The highest BCUT2D eigenvalue weighted by Crippen LogP contribution is 2.63. The number of aliphatic hydroxyl groups is 1. The lowest BCUT2D eigenvalue weighted by atomic mass is 9.66. The van der Waals surface area contributed by atoms with Crippen molar-refractivity contribution in [2.45, 2.75) is 36.8 Å². The lowest BCUT2D eigenvalue weighted by molar-refractivity contribution is -0.257. The third-order valence-electron chi connectivity index (χ3n) is 4.77. The second kappa shape index (κ2) is 3.69. The minimum Gasteiger partial charge on any atom is -0.493 e. The summed E-state index contributed by atoms with van der Waals surface area (Å²) in [5, 5.41) is 10.8. The van der Waals surface area contributed by atoms with Gasteiger partial charge in [-0.3, -0.25) is 0 Å². The summed E-state index contributed by atoms with van der Waals surface area (Å²) < 4.78 is 21.8. The number of hydrogen-bond donors (Lipinski definition) is 1. The molecule has 3 aliphatic heterocycles. The molecule has 112 valence electrons. The first-order valence-corrected chi connectivity index (χ1v) is 6.82. The Morgan fingerprint density at radius 2 is 1.86 bits per heavy atom. The Balaban J connectivity index is 1.96. The van der Waals surface area contributed by atoms with Gasteiger partial charge in [-0.25, -0.2) is 4.79 Å².